The highest BCUT2D eigenvalue weighted by Crippen LogP contribution is 2.24. The summed E-state index contributed by atoms with van der Waals surface area (Å²) in [6.45, 7) is 9.47. The van der Waals surface area contributed by atoms with E-state index >= 15 is 0 Å². The fourth-order valence-corrected chi connectivity index (χ4v) is 3.37. The molecule has 2 N–H and O–H groups in total. The summed E-state index contributed by atoms with van der Waals surface area (Å²) in [5.41, 5.74) is 1.95. The molecule has 30 heavy (non-hydrogen) atoms. The zero-order valence-electron chi connectivity index (χ0n) is 18.2. The molecule has 0 radical (unpaired) electrons. The predicted molar refractivity (Wildman–Crippen MR) is 119 cm³/mol. The molecule has 0 spiro atoms. The predicted octanol–water partition coefficient (Wildman–Crippen LogP) is 3.79. The van der Waals surface area contributed by atoms with E-state index in [4.69, 9.17) is 10.2 Å². The maximum atomic E-state index is 12.3. The van der Waals surface area contributed by atoms with Crippen LogP contribution >= 0.6 is 0 Å². The number of carbonyl (C=O) groups excluding carboxylic acids is 1. The van der Waals surface area contributed by atoms with E-state index in [1.54, 1.807) is 12.1 Å². The van der Waals surface area contributed by atoms with Crippen LogP contribution in [0.3, 0.4) is 0 Å². The van der Waals surface area contributed by atoms with Crippen molar-refractivity contribution in [3.05, 3.63) is 41.6 Å². The molecule has 1 atom stereocenters. The van der Waals surface area contributed by atoms with Crippen LogP contribution in [0.5, 0.6) is 0 Å². The SMILES string of the molecule is CCCc1cc(N2CCC(NC(=O)C(C)(C)C)C2)nc(Nc2cccc(C#N)c2)n1. The molecule has 0 bridgehead atoms. The van der Waals surface area contributed by atoms with Crippen LogP contribution in [0.2, 0.25) is 0 Å². The first kappa shape index (κ1) is 21.6. The minimum absolute atomic E-state index is 0.0726. The Hall–Kier alpha value is -3.14. The molecule has 1 fully saturated rings. The van der Waals surface area contributed by atoms with Crippen LogP contribution < -0.4 is 15.5 Å². The summed E-state index contributed by atoms with van der Waals surface area (Å²) >= 11 is 0. The van der Waals surface area contributed by atoms with E-state index < -0.39 is 5.41 Å². The van der Waals surface area contributed by atoms with Gasteiger partial charge in [-0.05, 0) is 31.0 Å². The number of nitrogens with one attached hydrogen (secondary N) is 2. The molecule has 1 aliphatic heterocycles. The zero-order valence-corrected chi connectivity index (χ0v) is 18.2. The molecule has 158 valence electrons. The van der Waals surface area contributed by atoms with Crippen molar-refractivity contribution in [2.75, 3.05) is 23.3 Å². The summed E-state index contributed by atoms with van der Waals surface area (Å²) in [7, 11) is 0. The van der Waals surface area contributed by atoms with E-state index in [-0.39, 0.29) is 11.9 Å². The van der Waals surface area contributed by atoms with Gasteiger partial charge in [-0.25, -0.2) is 4.98 Å². The number of rotatable bonds is 6. The van der Waals surface area contributed by atoms with Gasteiger partial charge in [0.2, 0.25) is 11.9 Å². The quantitative estimate of drug-likeness (QED) is 0.758. The molecule has 0 saturated carbocycles. The Bertz CT molecular complexity index is 943. The lowest BCUT2D eigenvalue weighted by Crippen LogP contribution is -2.43. The molecule has 7 heteroatoms. The number of carbonyl (C=O) groups is 1. The van der Waals surface area contributed by atoms with Crippen molar-refractivity contribution < 1.29 is 4.79 Å². The number of nitrogens with zero attached hydrogens (tertiary/aromatic N) is 4. The fraction of sp³-hybridized carbons (Fsp3) is 0.478. The van der Waals surface area contributed by atoms with Gasteiger partial charge in [0.05, 0.1) is 11.6 Å². The monoisotopic (exact) mass is 406 g/mol. The third kappa shape index (κ3) is 5.47. The number of aromatic nitrogens is 2. The number of benzene rings is 1. The van der Waals surface area contributed by atoms with Crippen LogP contribution in [0.15, 0.2) is 30.3 Å². The Morgan fingerprint density at radius 1 is 1.30 bits per heavy atom. The summed E-state index contributed by atoms with van der Waals surface area (Å²) in [5, 5.41) is 15.5. The second-order valence-electron chi connectivity index (χ2n) is 8.76. The average molecular weight is 407 g/mol. The smallest absolute Gasteiger partial charge is 0.229 e. The molecule has 7 nitrogen and oxygen atoms in total. The van der Waals surface area contributed by atoms with Gasteiger partial charge < -0.3 is 15.5 Å². The minimum atomic E-state index is -0.397. The highest BCUT2D eigenvalue weighted by atomic mass is 16.2. The third-order valence-electron chi connectivity index (χ3n) is 5.05. The Morgan fingerprint density at radius 3 is 2.80 bits per heavy atom. The Morgan fingerprint density at radius 2 is 2.10 bits per heavy atom. The maximum Gasteiger partial charge on any atom is 0.229 e. The van der Waals surface area contributed by atoms with Gasteiger partial charge in [-0.1, -0.05) is 40.2 Å². The van der Waals surface area contributed by atoms with E-state index in [2.05, 4.69) is 33.5 Å². The van der Waals surface area contributed by atoms with E-state index in [0.29, 0.717) is 11.5 Å². The molecule has 2 aromatic rings. The third-order valence-corrected chi connectivity index (χ3v) is 5.05. The number of hydrogen-bond donors (Lipinski definition) is 2. The number of hydrogen-bond acceptors (Lipinski definition) is 6. The first-order chi connectivity index (χ1) is 14.3. The van der Waals surface area contributed by atoms with Crippen molar-refractivity contribution in [1.82, 2.24) is 15.3 Å². The lowest BCUT2D eigenvalue weighted by molar-refractivity contribution is -0.129. The summed E-state index contributed by atoms with van der Waals surface area (Å²) in [6, 6.07) is 11.6. The molecular formula is C23H30N6O. The molecule has 3 rings (SSSR count). The van der Waals surface area contributed by atoms with Crippen LogP contribution in [0, 0.1) is 16.7 Å². The first-order valence-electron chi connectivity index (χ1n) is 10.5. The summed E-state index contributed by atoms with van der Waals surface area (Å²) < 4.78 is 0. The maximum absolute atomic E-state index is 12.3. The number of nitriles is 1. The highest BCUT2D eigenvalue weighted by Gasteiger charge is 2.29. The lowest BCUT2D eigenvalue weighted by Gasteiger charge is -2.22. The van der Waals surface area contributed by atoms with Gasteiger partial charge in [-0.15, -0.1) is 0 Å². The molecule has 1 unspecified atom stereocenters. The summed E-state index contributed by atoms with van der Waals surface area (Å²) in [4.78, 5) is 23.9. The van der Waals surface area contributed by atoms with Gasteiger partial charge in [0.15, 0.2) is 0 Å². The molecule has 1 saturated heterocycles. The van der Waals surface area contributed by atoms with E-state index in [9.17, 15) is 4.79 Å². The van der Waals surface area contributed by atoms with Crippen LogP contribution in [0.1, 0.15) is 51.8 Å². The number of amides is 1. The van der Waals surface area contributed by atoms with Gasteiger partial charge in [0.25, 0.3) is 0 Å². The first-order valence-corrected chi connectivity index (χ1v) is 10.5. The van der Waals surface area contributed by atoms with E-state index in [0.717, 1.165) is 49.6 Å². The van der Waals surface area contributed by atoms with Gasteiger partial charge in [-0.3, -0.25) is 4.79 Å². The standard InChI is InChI=1S/C23H30N6O/c1-5-7-17-13-20(29-11-10-19(15-29)25-21(30)23(2,3)4)28-22(26-17)27-18-9-6-8-16(12-18)14-24/h6,8-9,12-13,19H,5,7,10-11,15H2,1-4H3,(H,25,30)(H,26,27,28). The fourth-order valence-electron chi connectivity index (χ4n) is 3.37. The minimum Gasteiger partial charge on any atom is -0.354 e. The van der Waals surface area contributed by atoms with Gasteiger partial charge in [0, 0.05) is 42.0 Å². The molecule has 0 aliphatic carbocycles. The largest absolute Gasteiger partial charge is 0.354 e. The van der Waals surface area contributed by atoms with E-state index in [1.807, 2.05) is 39.0 Å². The summed E-state index contributed by atoms with van der Waals surface area (Å²) in [5.74, 6) is 1.46. The molecule has 1 aromatic carbocycles. The van der Waals surface area contributed by atoms with Gasteiger partial charge in [-0.2, -0.15) is 10.2 Å². The number of anilines is 3. The normalized spacial score (nSPS) is 16.2. The molecule has 1 amide bonds. The topological polar surface area (TPSA) is 93.9 Å². The molecule has 1 aliphatic rings. The summed E-state index contributed by atoms with van der Waals surface area (Å²) in [6.07, 6.45) is 2.74. The highest BCUT2D eigenvalue weighted by molar-refractivity contribution is 5.81. The van der Waals surface area contributed by atoms with Crippen molar-refractivity contribution in [2.24, 2.45) is 5.41 Å². The van der Waals surface area contributed by atoms with Crippen LogP contribution in [-0.2, 0) is 11.2 Å². The van der Waals surface area contributed by atoms with Crippen molar-refractivity contribution >= 4 is 23.4 Å². The Labute approximate surface area is 178 Å². The Kier molecular flexibility index (Phi) is 6.56. The van der Waals surface area contributed by atoms with Gasteiger partial charge in [0.1, 0.15) is 5.82 Å². The zero-order chi connectivity index (χ0) is 21.7. The van der Waals surface area contributed by atoms with Crippen molar-refractivity contribution in [3.63, 3.8) is 0 Å². The van der Waals surface area contributed by atoms with Crippen molar-refractivity contribution in [3.8, 4) is 6.07 Å². The van der Waals surface area contributed by atoms with E-state index in [1.165, 1.54) is 0 Å². The van der Waals surface area contributed by atoms with Crippen LogP contribution in [0.25, 0.3) is 0 Å². The molecule has 1 aromatic heterocycles. The lowest BCUT2D eigenvalue weighted by atomic mass is 9.95. The van der Waals surface area contributed by atoms with Crippen LogP contribution in [-0.4, -0.2) is 35.0 Å². The van der Waals surface area contributed by atoms with Crippen molar-refractivity contribution in [2.45, 2.75) is 53.0 Å². The second-order valence-corrected chi connectivity index (χ2v) is 8.76. The molecular weight excluding hydrogens is 376 g/mol. The second kappa shape index (κ2) is 9.12. The molecule has 2 heterocycles. The van der Waals surface area contributed by atoms with Gasteiger partial charge >= 0.3 is 0 Å². The Balaban J connectivity index is 1.78. The number of aryl methyl sites for hydroxylation is 1. The van der Waals surface area contributed by atoms with Crippen LogP contribution in [0.4, 0.5) is 17.5 Å². The van der Waals surface area contributed by atoms with Crippen molar-refractivity contribution in [1.29, 1.82) is 5.26 Å². The average Bonchev–Trinajstić information content (AvgIpc) is 3.16.